The molecule has 7 heteroatoms. The van der Waals surface area contributed by atoms with Crippen LogP contribution in [0, 0.1) is 0 Å². The van der Waals surface area contributed by atoms with E-state index in [2.05, 4.69) is 15.4 Å². The molecular weight excluding hydrogens is 198 g/mol. The first-order valence-electron chi connectivity index (χ1n) is 4.77. The van der Waals surface area contributed by atoms with Gasteiger partial charge in [0.05, 0.1) is 0 Å². The minimum atomic E-state index is -0.327. The van der Waals surface area contributed by atoms with Gasteiger partial charge in [-0.25, -0.2) is 4.68 Å². The molecule has 1 aromatic heterocycles. The molecular formula is C8H15N5O2. The topological polar surface area (TPSA) is 87.2 Å². The Bertz CT molecular complexity index is 336. The summed E-state index contributed by atoms with van der Waals surface area (Å²) >= 11 is 0. The Hall–Kier alpha value is -1.34. The summed E-state index contributed by atoms with van der Waals surface area (Å²) in [6.07, 6.45) is 0.536. The lowest BCUT2D eigenvalue weighted by Crippen LogP contribution is -2.34. The molecule has 1 unspecified atom stereocenters. The standard InChI is InChI=1S/C8H15N5O2/c1-14-6(15-2)5-3-4-10-8-11-7(9)12-13(5)8/h5-6H,3-4H2,1-2H3,(H3,9,10,11,12). The lowest BCUT2D eigenvalue weighted by atomic mass is 10.2. The number of nitrogen functional groups attached to an aromatic ring is 1. The molecule has 2 rings (SSSR count). The Morgan fingerprint density at radius 2 is 2.27 bits per heavy atom. The number of ether oxygens (including phenoxy) is 2. The minimum absolute atomic E-state index is 0.0149. The number of nitrogens with two attached hydrogens (primary N) is 1. The number of anilines is 2. The van der Waals surface area contributed by atoms with Gasteiger partial charge >= 0.3 is 0 Å². The zero-order valence-electron chi connectivity index (χ0n) is 8.80. The first-order chi connectivity index (χ1) is 7.26. The van der Waals surface area contributed by atoms with Gasteiger partial charge in [-0.1, -0.05) is 0 Å². The monoisotopic (exact) mass is 213 g/mol. The summed E-state index contributed by atoms with van der Waals surface area (Å²) in [6.45, 7) is 0.812. The summed E-state index contributed by atoms with van der Waals surface area (Å²) < 4.78 is 12.2. The van der Waals surface area contributed by atoms with Crippen LogP contribution in [0.5, 0.6) is 0 Å². The highest BCUT2D eigenvalue weighted by Gasteiger charge is 2.29. The van der Waals surface area contributed by atoms with Gasteiger partial charge in [-0.05, 0) is 6.42 Å². The minimum Gasteiger partial charge on any atom is -0.366 e. The molecule has 0 fully saturated rings. The smallest absolute Gasteiger partial charge is 0.241 e. The highest BCUT2D eigenvalue weighted by Crippen LogP contribution is 2.26. The summed E-state index contributed by atoms with van der Waals surface area (Å²) in [5.74, 6) is 0.929. The molecule has 3 N–H and O–H groups in total. The maximum Gasteiger partial charge on any atom is 0.241 e. The van der Waals surface area contributed by atoms with E-state index in [-0.39, 0.29) is 18.3 Å². The Morgan fingerprint density at radius 1 is 1.53 bits per heavy atom. The zero-order chi connectivity index (χ0) is 10.8. The highest BCUT2D eigenvalue weighted by atomic mass is 16.7. The molecule has 2 heterocycles. The largest absolute Gasteiger partial charge is 0.366 e. The van der Waals surface area contributed by atoms with Gasteiger partial charge in [0.15, 0.2) is 6.29 Å². The Labute approximate surface area is 87.6 Å². The summed E-state index contributed by atoms with van der Waals surface area (Å²) in [5.41, 5.74) is 5.54. The van der Waals surface area contributed by atoms with E-state index in [4.69, 9.17) is 15.2 Å². The SMILES string of the molecule is COC(OC)C1CCNc2nc(N)nn21. The number of hydrogen-bond acceptors (Lipinski definition) is 6. The Balaban J connectivity index is 2.28. The van der Waals surface area contributed by atoms with Crippen molar-refractivity contribution in [3.05, 3.63) is 0 Å². The Kier molecular flexibility index (Phi) is 2.74. The van der Waals surface area contributed by atoms with Crippen LogP contribution in [0.3, 0.4) is 0 Å². The van der Waals surface area contributed by atoms with Crippen LogP contribution in [-0.2, 0) is 9.47 Å². The highest BCUT2D eigenvalue weighted by molar-refractivity contribution is 5.34. The molecule has 0 saturated heterocycles. The summed E-state index contributed by atoms with van der Waals surface area (Å²) in [5, 5.41) is 7.22. The first-order valence-corrected chi connectivity index (χ1v) is 4.77. The predicted molar refractivity (Wildman–Crippen MR) is 54.4 cm³/mol. The maximum atomic E-state index is 5.54. The van der Waals surface area contributed by atoms with Crippen molar-refractivity contribution >= 4 is 11.9 Å². The number of nitrogens with zero attached hydrogens (tertiary/aromatic N) is 3. The van der Waals surface area contributed by atoms with E-state index in [0.29, 0.717) is 5.95 Å². The lowest BCUT2D eigenvalue weighted by molar-refractivity contribution is -0.135. The number of rotatable bonds is 3. The van der Waals surface area contributed by atoms with Gasteiger partial charge in [0.1, 0.15) is 6.04 Å². The van der Waals surface area contributed by atoms with Gasteiger partial charge in [0.25, 0.3) is 0 Å². The van der Waals surface area contributed by atoms with Crippen molar-refractivity contribution in [1.29, 1.82) is 0 Å². The quantitative estimate of drug-likeness (QED) is 0.678. The van der Waals surface area contributed by atoms with E-state index in [1.165, 1.54) is 0 Å². The maximum absolute atomic E-state index is 5.54. The summed E-state index contributed by atoms with van der Waals surface area (Å²) in [7, 11) is 3.21. The van der Waals surface area contributed by atoms with E-state index < -0.39 is 0 Å². The summed E-state index contributed by atoms with van der Waals surface area (Å²) in [4.78, 5) is 4.06. The molecule has 7 nitrogen and oxygen atoms in total. The molecule has 1 aromatic rings. The van der Waals surface area contributed by atoms with Crippen LogP contribution in [-0.4, -0.2) is 41.8 Å². The van der Waals surface area contributed by atoms with Crippen molar-refractivity contribution in [2.24, 2.45) is 0 Å². The average Bonchev–Trinajstić information content (AvgIpc) is 2.61. The van der Waals surface area contributed by atoms with Gasteiger partial charge in [-0.3, -0.25) is 0 Å². The molecule has 84 valence electrons. The van der Waals surface area contributed by atoms with Crippen LogP contribution in [0.2, 0.25) is 0 Å². The van der Waals surface area contributed by atoms with E-state index in [1.54, 1.807) is 18.9 Å². The second kappa shape index (κ2) is 4.03. The van der Waals surface area contributed by atoms with E-state index in [9.17, 15) is 0 Å². The van der Waals surface area contributed by atoms with Gasteiger partial charge in [-0.2, -0.15) is 4.98 Å². The Morgan fingerprint density at radius 3 is 2.93 bits per heavy atom. The van der Waals surface area contributed by atoms with Crippen molar-refractivity contribution in [2.75, 3.05) is 31.8 Å². The number of aromatic nitrogens is 3. The van der Waals surface area contributed by atoms with Crippen LogP contribution in [0.25, 0.3) is 0 Å². The van der Waals surface area contributed by atoms with Crippen molar-refractivity contribution in [1.82, 2.24) is 14.8 Å². The zero-order valence-corrected chi connectivity index (χ0v) is 8.80. The van der Waals surface area contributed by atoms with Gasteiger partial charge in [0.2, 0.25) is 11.9 Å². The van der Waals surface area contributed by atoms with Crippen molar-refractivity contribution < 1.29 is 9.47 Å². The van der Waals surface area contributed by atoms with Gasteiger partial charge in [-0.15, -0.1) is 5.10 Å². The van der Waals surface area contributed by atoms with Crippen LogP contribution in [0.4, 0.5) is 11.9 Å². The van der Waals surface area contributed by atoms with Crippen LogP contribution in [0.15, 0.2) is 0 Å². The van der Waals surface area contributed by atoms with Gasteiger partial charge < -0.3 is 20.5 Å². The number of nitrogens with one attached hydrogen (secondary N) is 1. The van der Waals surface area contributed by atoms with E-state index >= 15 is 0 Å². The third kappa shape index (κ3) is 1.75. The predicted octanol–water partition coefficient (Wildman–Crippen LogP) is -0.164. The molecule has 0 radical (unpaired) electrons. The molecule has 1 aliphatic rings. The second-order valence-corrected chi connectivity index (χ2v) is 3.36. The average molecular weight is 213 g/mol. The van der Waals surface area contributed by atoms with Crippen molar-refractivity contribution in [2.45, 2.75) is 18.8 Å². The number of hydrogen-bond donors (Lipinski definition) is 2. The van der Waals surface area contributed by atoms with Crippen LogP contribution < -0.4 is 11.1 Å². The fourth-order valence-corrected chi connectivity index (χ4v) is 1.81. The molecule has 15 heavy (non-hydrogen) atoms. The molecule has 1 aliphatic heterocycles. The third-order valence-electron chi connectivity index (χ3n) is 2.46. The van der Waals surface area contributed by atoms with Crippen molar-refractivity contribution in [3.8, 4) is 0 Å². The third-order valence-corrected chi connectivity index (χ3v) is 2.46. The fraction of sp³-hybridized carbons (Fsp3) is 0.750. The fourth-order valence-electron chi connectivity index (χ4n) is 1.81. The van der Waals surface area contributed by atoms with Crippen molar-refractivity contribution in [3.63, 3.8) is 0 Å². The van der Waals surface area contributed by atoms with Crippen LogP contribution >= 0.6 is 0 Å². The van der Waals surface area contributed by atoms with Gasteiger partial charge in [0, 0.05) is 20.8 Å². The first kappa shape index (κ1) is 10.2. The summed E-state index contributed by atoms with van der Waals surface area (Å²) in [6, 6.07) is 0.0149. The number of methoxy groups -OCH3 is 2. The second-order valence-electron chi connectivity index (χ2n) is 3.36. The van der Waals surface area contributed by atoms with E-state index in [1.807, 2.05) is 0 Å². The van der Waals surface area contributed by atoms with Crippen LogP contribution in [0.1, 0.15) is 12.5 Å². The molecule has 0 bridgehead atoms. The lowest BCUT2D eigenvalue weighted by Gasteiger charge is -2.29. The molecule has 0 aromatic carbocycles. The number of fused-ring (bicyclic) bond motifs is 1. The molecule has 0 spiro atoms. The molecule has 0 amide bonds. The molecule has 0 saturated carbocycles. The molecule has 0 aliphatic carbocycles. The molecule has 1 atom stereocenters. The normalized spacial score (nSPS) is 20.1. The van der Waals surface area contributed by atoms with E-state index in [0.717, 1.165) is 13.0 Å².